The maximum Gasteiger partial charge on any atom is 0.276 e. The molecule has 0 heterocycles. The van der Waals surface area contributed by atoms with Crippen LogP contribution in [0.1, 0.15) is 10.4 Å². The summed E-state index contributed by atoms with van der Waals surface area (Å²) in [6.07, 6.45) is 0. The predicted molar refractivity (Wildman–Crippen MR) is 58.4 cm³/mol. The molecule has 0 bridgehead atoms. The summed E-state index contributed by atoms with van der Waals surface area (Å²) in [6, 6.07) is 2.95. The molecule has 3 nitrogen and oxygen atoms in total. The van der Waals surface area contributed by atoms with E-state index in [-0.39, 0.29) is 10.6 Å². The topological polar surface area (TPSA) is 49.3 Å². The van der Waals surface area contributed by atoms with Gasteiger partial charge in [-0.05, 0) is 34.7 Å². The molecule has 1 aromatic carbocycles. The van der Waals surface area contributed by atoms with Crippen LogP contribution in [0.4, 0.5) is 0 Å². The number of carbonyl (C=O) groups is 1. The summed E-state index contributed by atoms with van der Waals surface area (Å²) in [7, 11) is 0. The quantitative estimate of drug-likeness (QED) is 0.360. The first-order valence-corrected chi connectivity index (χ1v) is 4.98. The van der Waals surface area contributed by atoms with Crippen molar-refractivity contribution in [3.05, 3.63) is 31.3 Å². The van der Waals surface area contributed by atoms with Crippen molar-refractivity contribution in [2.75, 3.05) is 0 Å². The molecule has 0 spiro atoms. The Labute approximate surface area is 98.1 Å². The van der Waals surface area contributed by atoms with Crippen LogP contribution >= 0.6 is 45.8 Å². The van der Waals surface area contributed by atoms with Crippen molar-refractivity contribution in [1.29, 1.82) is 0 Å². The highest BCUT2D eigenvalue weighted by Crippen LogP contribution is 2.26. The van der Waals surface area contributed by atoms with Gasteiger partial charge in [-0.3, -0.25) is 10.0 Å². The van der Waals surface area contributed by atoms with E-state index in [1.165, 1.54) is 17.6 Å². The highest BCUT2D eigenvalue weighted by atomic mass is 127. The van der Waals surface area contributed by atoms with Gasteiger partial charge in [0.25, 0.3) is 5.91 Å². The fourth-order valence-corrected chi connectivity index (χ4v) is 1.69. The van der Waals surface area contributed by atoms with Crippen LogP contribution in [-0.2, 0) is 0 Å². The van der Waals surface area contributed by atoms with Gasteiger partial charge in [0.05, 0.1) is 15.6 Å². The van der Waals surface area contributed by atoms with Crippen LogP contribution in [0, 0.1) is 3.57 Å². The van der Waals surface area contributed by atoms with E-state index in [0.29, 0.717) is 8.59 Å². The lowest BCUT2D eigenvalue weighted by atomic mass is 10.2. The van der Waals surface area contributed by atoms with Crippen LogP contribution in [0.3, 0.4) is 0 Å². The van der Waals surface area contributed by atoms with Crippen LogP contribution in [-0.4, -0.2) is 11.1 Å². The molecule has 0 radical (unpaired) electrons. The van der Waals surface area contributed by atoms with E-state index in [4.69, 9.17) is 28.4 Å². The molecule has 0 unspecified atom stereocenters. The second-order valence-electron chi connectivity index (χ2n) is 2.19. The number of amides is 1. The minimum Gasteiger partial charge on any atom is -0.288 e. The van der Waals surface area contributed by atoms with Gasteiger partial charge in [0.15, 0.2) is 0 Å². The maximum absolute atomic E-state index is 11.0. The molecule has 0 aliphatic carbocycles. The third-order valence-electron chi connectivity index (χ3n) is 1.36. The van der Waals surface area contributed by atoms with Gasteiger partial charge in [-0.15, -0.1) is 0 Å². The third-order valence-corrected chi connectivity index (χ3v) is 3.19. The van der Waals surface area contributed by atoms with Gasteiger partial charge in [0.2, 0.25) is 0 Å². The number of rotatable bonds is 1. The Morgan fingerprint density at radius 1 is 1.38 bits per heavy atom. The Bertz CT molecular complexity index is 357. The second-order valence-corrected chi connectivity index (χ2v) is 4.16. The highest BCUT2D eigenvalue weighted by molar-refractivity contribution is 14.1. The van der Waals surface area contributed by atoms with Gasteiger partial charge in [0.1, 0.15) is 0 Å². The first kappa shape index (κ1) is 11.0. The van der Waals surface area contributed by atoms with Crippen molar-refractivity contribution in [3.63, 3.8) is 0 Å². The standard InChI is InChI=1S/C7H4Cl2INO2/c8-4-2-5(9)6(10)1-3(4)7(12)11-13/h1-2,13H,(H,11,12). The fraction of sp³-hybridized carbons (Fsp3) is 0. The number of hydrogen-bond donors (Lipinski definition) is 2. The zero-order chi connectivity index (χ0) is 10.0. The molecule has 1 rings (SSSR count). The SMILES string of the molecule is O=C(NO)c1cc(I)c(Cl)cc1Cl. The minimum absolute atomic E-state index is 0.193. The molecule has 13 heavy (non-hydrogen) atoms. The molecule has 2 N–H and O–H groups in total. The monoisotopic (exact) mass is 331 g/mol. The molecule has 1 amide bonds. The lowest BCUT2D eigenvalue weighted by Gasteiger charge is -2.03. The van der Waals surface area contributed by atoms with E-state index in [1.54, 1.807) is 0 Å². The molecular formula is C7H4Cl2INO2. The van der Waals surface area contributed by atoms with Crippen LogP contribution in [0.25, 0.3) is 0 Å². The summed E-state index contributed by atoms with van der Waals surface area (Å²) < 4.78 is 0.697. The van der Waals surface area contributed by atoms with E-state index in [0.717, 1.165) is 0 Å². The third kappa shape index (κ3) is 2.46. The van der Waals surface area contributed by atoms with Crippen molar-refractivity contribution in [1.82, 2.24) is 5.48 Å². The minimum atomic E-state index is -0.653. The molecule has 0 aromatic heterocycles. The van der Waals surface area contributed by atoms with Gasteiger partial charge < -0.3 is 0 Å². The number of hydroxylamine groups is 1. The second kappa shape index (κ2) is 4.45. The molecule has 0 aliphatic heterocycles. The molecule has 0 saturated heterocycles. The van der Waals surface area contributed by atoms with Crippen LogP contribution in [0.5, 0.6) is 0 Å². The molecule has 0 fully saturated rings. The zero-order valence-electron chi connectivity index (χ0n) is 6.14. The van der Waals surface area contributed by atoms with Crippen molar-refractivity contribution in [3.8, 4) is 0 Å². The van der Waals surface area contributed by atoms with Gasteiger partial charge in [-0.25, -0.2) is 5.48 Å². The number of benzene rings is 1. The number of halogens is 3. The van der Waals surface area contributed by atoms with E-state index in [2.05, 4.69) is 0 Å². The Morgan fingerprint density at radius 3 is 2.54 bits per heavy atom. The van der Waals surface area contributed by atoms with Crippen molar-refractivity contribution in [2.45, 2.75) is 0 Å². The smallest absolute Gasteiger partial charge is 0.276 e. The van der Waals surface area contributed by atoms with Crippen LogP contribution in [0.15, 0.2) is 12.1 Å². The summed E-state index contributed by atoms with van der Waals surface area (Å²) in [5.41, 5.74) is 1.69. The molecule has 70 valence electrons. The molecule has 0 atom stereocenters. The summed E-state index contributed by atoms with van der Waals surface area (Å²) >= 11 is 13.4. The maximum atomic E-state index is 11.0. The Hall–Kier alpha value is -0.0400. The fourth-order valence-electron chi connectivity index (χ4n) is 0.757. The lowest BCUT2D eigenvalue weighted by molar-refractivity contribution is 0.0706. The average molecular weight is 332 g/mol. The van der Waals surface area contributed by atoms with Crippen molar-refractivity contribution in [2.24, 2.45) is 0 Å². The summed E-state index contributed by atoms with van der Waals surface area (Å²) in [4.78, 5) is 11.0. The predicted octanol–water partition coefficient (Wildman–Crippen LogP) is 2.72. The molecule has 0 saturated carbocycles. The molecule has 6 heteroatoms. The van der Waals surface area contributed by atoms with Crippen molar-refractivity contribution >= 4 is 51.7 Å². The summed E-state index contributed by atoms with van der Waals surface area (Å²) in [5.74, 6) is -0.653. The first-order chi connectivity index (χ1) is 6.06. The Kier molecular flexibility index (Phi) is 3.78. The van der Waals surface area contributed by atoms with E-state index in [1.807, 2.05) is 22.6 Å². The summed E-state index contributed by atoms with van der Waals surface area (Å²) in [6.45, 7) is 0. The highest BCUT2D eigenvalue weighted by Gasteiger charge is 2.11. The van der Waals surface area contributed by atoms with Crippen LogP contribution in [0.2, 0.25) is 10.0 Å². The van der Waals surface area contributed by atoms with Gasteiger partial charge >= 0.3 is 0 Å². The molecule has 1 aromatic rings. The number of nitrogens with one attached hydrogen (secondary N) is 1. The zero-order valence-corrected chi connectivity index (χ0v) is 9.81. The molecule has 0 aliphatic rings. The number of hydrogen-bond acceptors (Lipinski definition) is 2. The normalized spacial score (nSPS) is 9.85. The van der Waals surface area contributed by atoms with Crippen LogP contribution < -0.4 is 5.48 Å². The first-order valence-electron chi connectivity index (χ1n) is 3.15. The summed E-state index contributed by atoms with van der Waals surface area (Å²) in [5, 5.41) is 9.06. The number of carbonyl (C=O) groups excluding carboxylic acids is 1. The Balaban J connectivity index is 3.23. The average Bonchev–Trinajstić information content (AvgIpc) is 2.10. The Morgan fingerprint density at radius 2 is 2.00 bits per heavy atom. The van der Waals surface area contributed by atoms with Gasteiger partial charge in [-0.1, -0.05) is 23.2 Å². The largest absolute Gasteiger partial charge is 0.288 e. The van der Waals surface area contributed by atoms with E-state index in [9.17, 15) is 4.79 Å². The molecular weight excluding hydrogens is 328 g/mol. The van der Waals surface area contributed by atoms with Gasteiger partial charge in [0, 0.05) is 3.57 Å². The van der Waals surface area contributed by atoms with E-state index >= 15 is 0 Å². The lowest BCUT2D eigenvalue weighted by Crippen LogP contribution is -2.19. The van der Waals surface area contributed by atoms with E-state index < -0.39 is 5.91 Å². The van der Waals surface area contributed by atoms with Gasteiger partial charge in [-0.2, -0.15) is 0 Å². The van der Waals surface area contributed by atoms with Crippen molar-refractivity contribution < 1.29 is 10.0 Å².